The summed E-state index contributed by atoms with van der Waals surface area (Å²) in [5.74, 6) is 1.77. The normalized spacial score (nSPS) is 11.0. The first-order valence-electron chi connectivity index (χ1n) is 8.96. The average Bonchev–Trinajstić information content (AvgIpc) is 3.10. The SMILES string of the molecule is CCOc1ccc(/C=C/C(=O)Nc2nc3c(OC)cccc3s2)cc1OCC. The highest BCUT2D eigenvalue weighted by Gasteiger charge is 2.10. The van der Waals surface area contributed by atoms with Gasteiger partial charge in [-0.05, 0) is 49.8 Å². The first-order chi connectivity index (χ1) is 13.6. The topological polar surface area (TPSA) is 69.7 Å². The number of ether oxygens (including phenoxy) is 3. The summed E-state index contributed by atoms with van der Waals surface area (Å²) in [6.45, 7) is 4.93. The van der Waals surface area contributed by atoms with Gasteiger partial charge in [0.1, 0.15) is 11.3 Å². The summed E-state index contributed by atoms with van der Waals surface area (Å²) in [5, 5.41) is 3.32. The van der Waals surface area contributed by atoms with Crippen LogP contribution in [0.15, 0.2) is 42.5 Å². The number of anilines is 1. The third-order valence-corrected chi connectivity index (χ3v) is 4.76. The van der Waals surface area contributed by atoms with Crippen LogP contribution in [0.5, 0.6) is 17.2 Å². The van der Waals surface area contributed by atoms with E-state index < -0.39 is 0 Å². The van der Waals surface area contributed by atoms with E-state index in [4.69, 9.17) is 14.2 Å². The second kappa shape index (κ2) is 9.23. The fourth-order valence-electron chi connectivity index (χ4n) is 2.63. The van der Waals surface area contributed by atoms with Crippen molar-refractivity contribution in [2.24, 2.45) is 0 Å². The minimum Gasteiger partial charge on any atom is -0.494 e. The van der Waals surface area contributed by atoms with Crippen molar-refractivity contribution in [3.63, 3.8) is 0 Å². The molecule has 3 aromatic rings. The fourth-order valence-corrected chi connectivity index (χ4v) is 3.52. The van der Waals surface area contributed by atoms with Crippen LogP contribution in [0.3, 0.4) is 0 Å². The number of rotatable bonds is 8. The molecule has 1 heterocycles. The standard InChI is InChI=1S/C21H22N2O4S/c1-4-26-15-11-9-14(13-17(15)27-5-2)10-12-19(24)22-21-23-20-16(25-3)7-6-8-18(20)28-21/h6-13H,4-5H2,1-3H3,(H,22,23,24)/b12-10+. The van der Waals surface area contributed by atoms with Crippen molar-refractivity contribution in [1.82, 2.24) is 4.98 Å². The van der Waals surface area contributed by atoms with Gasteiger partial charge in [0.05, 0.1) is 25.0 Å². The van der Waals surface area contributed by atoms with Gasteiger partial charge in [-0.3, -0.25) is 10.1 Å². The average molecular weight is 398 g/mol. The molecular weight excluding hydrogens is 376 g/mol. The highest BCUT2D eigenvalue weighted by Crippen LogP contribution is 2.32. The summed E-state index contributed by atoms with van der Waals surface area (Å²) < 4.78 is 17.4. The molecule has 0 fully saturated rings. The number of benzene rings is 2. The molecule has 0 radical (unpaired) electrons. The van der Waals surface area contributed by atoms with E-state index in [1.165, 1.54) is 17.4 Å². The lowest BCUT2D eigenvalue weighted by Crippen LogP contribution is -2.07. The van der Waals surface area contributed by atoms with E-state index in [9.17, 15) is 4.79 Å². The summed E-state index contributed by atoms with van der Waals surface area (Å²) in [7, 11) is 1.60. The number of carbonyl (C=O) groups is 1. The zero-order valence-corrected chi connectivity index (χ0v) is 16.8. The minimum absolute atomic E-state index is 0.259. The first kappa shape index (κ1) is 19.7. The lowest BCUT2D eigenvalue weighted by atomic mass is 10.2. The van der Waals surface area contributed by atoms with Crippen LogP contribution in [-0.4, -0.2) is 31.2 Å². The monoisotopic (exact) mass is 398 g/mol. The number of nitrogens with zero attached hydrogens (tertiary/aromatic N) is 1. The Kier molecular flexibility index (Phi) is 6.49. The Balaban J connectivity index is 1.72. The molecule has 0 saturated carbocycles. The number of carbonyl (C=O) groups excluding carboxylic acids is 1. The molecule has 1 N–H and O–H groups in total. The van der Waals surface area contributed by atoms with Crippen LogP contribution in [0.1, 0.15) is 19.4 Å². The molecule has 0 saturated heterocycles. The zero-order valence-electron chi connectivity index (χ0n) is 16.0. The number of hydrogen-bond donors (Lipinski definition) is 1. The van der Waals surface area contributed by atoms with E-state index in [-0.39, 0.29) is 5.91 Å². The van der Waals surface area contributed by atoms with Gasteiger partial charge in [0.15, 0.2) is 16.6 Å². The van der Waals surface area contributed by atoms with Crippen molar-refractivity contribution < 1.29 is 19.0 Å². The molecule has 7 heteroatoms. The van der Waals surface area contributed by atoms with Crippen LogP contribution in [-0.2, 0) is 4.79 Å². The Morgan fingerprint density at radius 2 is 1.89 bits per heavy atom. The molecule has 0 aliphatic rings. The van der Waals surface area contributed by atoms with Gasteiger partial charge >= 0.3 is 0 Å². The van der Waals surface area contributed by atoms with Crippen LogP contribution < -0.4 is 19.5 Å². The molecule has 28 heavy (non-hydrogen) atoms. The molecular formula is C21H22N2O4S. The van der Waals surface area contributed by atoms with Gasteiger partial charge in [-0.1, -0.05) is 23.5 Å². The Hall–Kier alpha value is -3.06. The molecule has 0 aliphatic heterocycles. The number of fused-ring (bicyclic) bond motifs is 1. The van der Waals surface area contributed by atoms with Crippen molar-refractivity contribution in [1.29, 1.82) is 0 Å². The molecule has 0 aliphatic carbocycles. The van der Waals surface area contributed by atoms with Gasteiger partial charge < -0.3 is 14.2 Å². The maximum Gasteiger partial charge on any atom is 0.250 e. The number of amides is 1. The molecule has 6 nitrogen and oxygen atoms in total. The molecule has 1 aromatic heterocycles. The largest absolute Gasteiger partial charge is 0.494 e. The lowest BCUT2D eigenvalue weighted by Gasteiger charge is -2.11. The lowest BCUT2D eigenvalue weighted by molar-refractivity contribution is -0.111. The minimum atomic E-state index is -0.259. The van der Waals surface area contributed by atoms with E-state index in [2.05, 4.69) is 10.3 Å². The predicted molar refractivity (Wildman–Crippen MR) is 113 cm³/mol. The Bertz CT molecular complexity index is 997. The van der Waals surface area contributed by atoms with E-state index in [1.807, 2.05) is 50.2 Å². The summed E-state index contributed by atoms with van der Waals surface area (Å²) in [6, 6.07) is 11.2. The number of nitrogens with one attached hydrogen (secondary N) is 1. The molecule has 0 atom stereocenters. The van der Waals surface area contributed by atoms with Crippen molar-refractivity contribution in [3.8, 4) is 17.2 Å². The van der Waals surface area contributed by atoms with Gasteiger partial charge in [0.25, 0.3) is 0 Å². The first-order valence-corrected chi connectivity index (χ1v) is 9.78. The summed E-state index contributed by atoms with van der Waals surface area (Å²) in [6.07, 6.45) is 3.19. The summed E-state index contributed by atoms with van der Waals surface area (Å²) in [4.78, 5) is 16.7. The molecule has 0 unspecified atom stereocenters. The maximum atomic E-state index is 12.3. The second-order valence-corrected chi connectivity index (χ2v) is 6.75. The highest BCUT2D eigenvalue weighted by atomic mass is 32.1. The Morgan fingerprint density at radius 3 is 2.64 bits per heavy atom. The van der Waals surface area contributed by atoms with Crippen LogP contribution >= 0.6 is 11.3 Å². The van der Waals surface area contributed by atoms with Crippen molar-refractivity contribution in [2.45, 2.75) is 13.8 Å². The highest BCUT2D eigenvalue weighted by molar-refractivity contribution is 7.22. The third kappa shape index (κ3) is 4.61. The van der Waals surface area contributed by atoms with E-state index in [1.54, 1.807) is 13.2 Å². The molecule has 0 spiro atoms. The number of methoxy groups -OCH3 is 1. The van der Waals surface area contributed by atoms with Gasteiger partial charge in [-0.2, -0.15) is 0 Å². The number of hydrogen-bond acceptors (Lipinski definition) is 6. The summed E-state index contributed by atoms with van der Waals surface area (Å²) >= 11 is 1.40. The molecule has 2 aromatic carbocycles. The second-order valence-electron chi connectivity index (χ2n) is 5.72. The van der Waals surface area contributed by atoms with Crippen LogP contribution in [0, 0.1) is 0 Å². The quantitative estimate of drug-likeness (QED) is 0.554. The van der Waals surface area contributed by atoms with E-state index in [0.29, 0.717) is 35.6 Å². The number of para-hydroxylation sites is 1. The van der Waals surface area contributed by atoms with Crippen molar-refractivity contribution in [3.05, 3.63) is 48.0 Å². The molecule has 0 bridgehead atoms. The van der Waals surface area contributed by atoms with Gasteiger partial charge in [-0.25, -0.2) is 4.98 Å². The van der Waals surface area contributed by atoms with E-state index in [0.717, 1.165) is 15.8 Å². The van der Waals surface area contributed by atoms with Gasteiger partial charge in [0.2, 0.25) is 5.91 Å². The zero-order chi connectivity index (χ0) is 19.9. The number of thiazole rings is 1. The Morgan fingerprint density at radius 1 is 1.11 bits per heavy atom. The molecule has 146 valence electrons. The third-order valence-electron chi connectivity index (χ3n) is 3.83. The smallest absolute Gasteiger partial charge is 0.250 e. The van der Waals surface area contributed by atoms with Crippen molar-refractivity contribution in [2.75, 3.05) is 25.6 Å². The van der Waals surface area contributed by atoms with Crippen LogP contribution in [0.4, 0.5) is 5.13 Å². The van der Waals surface area contributed by atoms with Crippen LogP contribution in [0.2, 0.25) is 0 Å². The molecule has 3 rings (SSSR count). The fraction of sp³-hybridized carbons (Fsp3) is 0.238. The van der Waals surface area contributed by atoms with Gasteiger partial charge in [0, 0.05) is 6.08 Å². The number of aromatic nitrogens is 1. The molecule has 1 amide bonds. The van der Waals surface area contributed by atoms with Crippen molar-refractivity contribution >= 4 is 38.7 Å². The Labute approximate surface area is 167 Å². The predicted octanol–water partition coefficient (Wildman–Crippen LogP) is 4.75. The van der Waals surface area contributed by atoms with Gasteiger partial charge in [-0.15, -0.1) is 0 Å². The summed E-state index contributed by atoms with van der Waals surface area (Å²) in [5.41, 5.74) is 1.58. The maximum absolute atomic E-state index is 12.3. The van der Waals surface area contributed by atoms with Crippen LogP contribution in [0.25, 0.3) is 16.3 Å². The van der Waals surface area contributed by atoms with E-state index >= 15 is 0 Å².